The van der Waals surface area contributed by atoms with E-state index in [9.17, 15) is 4.79 Å². The molecule has 2 aliphatic rings. The van der Waals surface area contributed by atoms with Crippen molar-refractivity contribution in [2.45, 2.75) is 18.5 Å². The van der Waals surface area contributed by atoms with Gasteiger partial charge in [0.2, 0.25) is 5.91 Å². The van der Waals surface area contributed by atoms with Crippen molar-refractivity contribution in [2.75, 3.05) is 18.0 Å². The molecule has 2 fully saturated rings. The highest BCUT2D eigenvalue weighted by Gasteiger charge is 2.37. The molecule has 2 saturated heterocycles. The minimum absolute atomic E-state index is 0.420. The molecule has 5 heteroatoms. The third-order valence-electron chi connectivity index (χ3n) is 3.40. The van der Waals surface area contributed by atoms with Gasteiger partial charge in [0.25, 0.3) is 0 Å². The van der Waals surface area contributed by atoms with Crippen molar-refractivity contribution in [1.82, 2.24) is 10.3 Å². The third kappa shape index (κ3) is 1.44. The summed E-state index contributed by atoms with van der Waals surface area (Å²) >= 11 is 0. The minimum atomic E-state index is -0.420. The number of carbonyl (C=O) groups is 1. The highest BCUT2D eigenvalue weighted by Crippen LogP contribution is 2.29. The number of nitrogens with zero attached hydrogens (tertiary/aromatic N) is 2. The topological polar surface area (TPSA) is 71.2 Å². The van der Waals surface area contributed by atoms with E-state index in [4.69, 9.17) is 5.73 Å². The van der Waals surface area contributed by atoms with Crippen molar-refractivity contribution in [3.63, 3.8) is 0 Å². The van der Waals surface area contributed by atoms with E-state index in [1.165, 1.54) is 12.6 Å². The molecule has 84 valence electrons. The summed E-state index contributed by atoms with van der Waals surface area (Å²) in [5.41, 5.74) is 6.73. The van der Waals surface area contributed by atoms with Gasteiger partial charge >= 0.3 is 0 Å². The smallest absolute Gasteiger partial charge is 0.250 e. The maximum Gasteiger partial charge on any atom is 0.250 e. The summed E-state index contributed by atoms with van der Waals surface area (Å²) in [5, 5.41) is 3.44. The molecule has 16 heavy (non-hydrogen) atoms. The lowest BCUT2D eigenvalue weighted by Crippen LogP contribution is -2.43. The van der Waals surface area contributed by atoms with Gasteiger partial charge in [0, 0.05) is 31.4 Å². The molecule has 1 aromatic heterocycles. The predicted octanol–water partition coefficient (Wildman–Crippen LogP) is -0.269. The van der Waals surface area contributed by atoms with Gasteiger partial charge in [-0.05, 0) is 12.5 Å². The number of anilines is 1. The van der Waals surface area contributed by atoms with E-state index in [-0.39, 0.29) is 0 Å². The Morgan fingerprint density at radius 2 is 2.44 bits per heavy atom. The fourth-order valence-electron chi connectivity index (χ4n) is 2.60. The fraction of sp³-hybridized carbons (Fsp3) is 0.455. The van der Waals surface area contributed by atoms with Crippen LogP contribution < -0.4 is 16.0 Å². The Labute approximate surface area is 93.6 Å². The van der Waals surface area contributed by atoms with Crippen LogP contribution in [0.1, 0.15) is 16.8 Å². The number of aromatic nitrogens is 1. The normalized spacial score (nSPS) is 27.4. The molecule has 5 nitrogen and oxygen atoms in total. The Bertz CT molecular complexity index is 434. The van der Waals surface area contributed by atoms with Crippen LogP contribution in [-0.2, 0) is 0 Å². The van der Waals surface area contributed by atoms with Crippen LogP contribution in [-0.4, -0.2) is 36.1 Å². The molecule has 2 unspecified atom stereocenters. The number of amides is 1. The van der Waals surface area contributed by atoms with Crippen molar-refractivity contribution in [1.29, 1.82) is 0 Å². The summed E-state index contributed by atoms with van der Waals surface area (Å²) in [4.78, 5) is 17.5. The summed E-state index contributed by atoms with van der Waals surface area (Å²) in [6.45, 7) is 2.01. The molecule has 2 atom stereocenters. The predicted molar refractivity (Wildman–Crippen MR) is 60.3 cm³/mol. The molecular formula is C11H14N4O. The summed E-state index contributed by atoms with van der Waals surface area (Å²) in [5.74, 6) is -0.420. The third-order valence-corrected chi connectivity index (χ3v) is 3.40. The first-order valence-corrected chi connectivity index (χ1v) is 5.49. The van der Waals surface area contributed by atoms with Crippen molar-refractivity contribution < 1.29 is 4.79 Å². The highest BCUT2D eigenvalue weighted by atomic mass is 16.1. The van der Waals surface area contributed by atoms with Gasteiger partial charge in [0.1, 0.15) is 0 Å². The van der Waals surface area contributed by atoms with Gasteiger partial charge < -0.3 is 16.0 Å². The molecule has 0 aliphatic carbocycles. The van der Waals surface area contributed by atoms with E-state index in [2.05, 4.69) is 15.2 Å². The number of hydrogen-bond donors (Lipinski definition) is 2. The Kier molecular flexibility index (Phi) is 2.07. The van der Waals surface area contributed by atoms with E-state index >= 15 is 0 Å². The van der Waals surface area contributed by atoms with Crippen molar-refractivity contribution in [3.05, 3.63) is 24.0 Å². The first-order chi connectivity index (χ1) is 7.74. The van der Waals surface area contributed by atoms with Gasteiger partial charge in [0.15, 0.2) is 0 Å². The second-order valence-electron chi connectivity index (χ2n) is 4.44. The molecule has 1 aromatic rings. The standard InChI is InChI=1S/C11H14N4O/c12-11(16)7-1-9(4-13-3-7)15-6-8-2-10(15)5-14-8/h1,3-4,8,10,14H,2,5-6H2,(H2,12,16). The number of carbonyl (C=O) groups excluding carboxylic acids is 1. The molecule has 0 aromatic carbocycles. The van der Waals surface area contributed by atoms with Crippen LogP contribution in [0.2, 0.25) is 0 Å². The average Bonchev–Trinajstić information content (AvgIpc) is 2.91. The van der Waals surface area contributed by atoms with Gasteiger partial charge in [-0.25, -0.2) is 0 Å². The highest BCUT2D eigenvalue weighted by molar-refractivity contribution is 5.93. The van der Waals surface area contributed by atoms with Gasteiger partial charge in [-0.1, -0.05) is 0 Å². The number of hydrogen-bond acceptors (Lipinski definition) is 4. The van der Waals surface area contributed by atoms with Crippen LogP contribution in [0.25, 0.3) is 0 Å². The fourth-order valence-corrected chi connectivity index (χ4v) is 2.60. The summed E-state index contributed by atoms with van der Waals surface area (Å²) in [6.07, 6.45) is 4.49. The lowest BCUT2D eigenvalue weighted by molar-refractivity contribution is 0.1000. The number of fused-ring (bicyclic) bond motifs is 2. The number of nitrogens with one attached hydrogen (secondary N) is 1. The molecular weight excluding hydrogens is 204 g/mol. The number of nitrogens with two attached hydrogens (primary N) is 1. The van der Waals surface area contributed by atoms with E-state index in [1.807, 2.05) is 6.07 Å². The summed E-state index contributed by atoms with van der Waals surface area (Å²) < 4.78 is 0. The molecule has 0 saturated carbocycles. The summed E-state index contributed by atoms with van der Waals surface area (Å²) in [7, 11) is 0. The first kappa shape index (κ1) is 9.59. The lowest BCUT2D eigenvalue weighted by Gasteiger charge is -2.29. The maximum absolute atomic E-state index is 11.1. The largest absolute Gasteiger partial charge is 0.366 e. The van der Waals surface area contributed by atoms with E-state index in [0.29, 0.717) is 17.6 Å². The number of rotatable bonds is 2. The van der Waals surface area contributed by atoms with E-state index in [0.717, 1.165) is 18.8 Å². The Morgan fingerprint density at radius 1 is 1.56 bits per heavy atom. The van der Waals surface area contributed by atoms with Crippen LogP contribution in [0.4, 0.5) is 5.69 Å². The van der Waals surface area contributed by atoms with Gasteiger partial charge in [0.05, 0.1) is 17.4 Å². The molecule has 3 N–H and O–H groups in total. The van der Waals surface area contributed by atoms with Crippen LogP contribution in [0.15, 0.2) is 18.5 Å². The van der Waals surface area contributed by atoms with E-state index in [1.54, 1.807) is 6.20 Å². The van der Waals surface area contributed by atoms with Crippen molar-refractivity contribution >= 4 is 11.6 Å². The van der Waals surface area contributed by atoms with Crippen LogP contribution in [0.5, 0.6) is 0 Å². The molecule has 2 aliphatic heterocycles. The molecule has 2 bridgehead atoms. The SMILES string of the molecule is NC(=O)c1cncc(N2CC3CC2CN3)c1. The lowest BCUT2D eigenvalue weighted by atomic mass is 10.2. The average molecular weight is 218 g/mol. The van der Waals surface area contributed by atoms with Crippen LogP contribution >= 0.6 is 0 Å². The Morgan fingerprint density at radius 3 is 3.06 bits per heavy atom. The van der Waals surface area contributed by atoms with Gasteiger partial charge in [-0.2, -0.15) is 0 Å². The minimum Gasteiger partial charge on any atom is -0.366 e. The molecule has 3 rings (SSSR count). The van der Waals surface area contributed by atoms with Crippen molar-refractivity contribution in [3.8, 4) is 0 Å². The second-order valence-corrected chi connectivity index (χ2v) is 4.44. The Hall–Kier alpha value is -1.62. The number of pyridine rings is 1. The maximum atomic E-state index is 11.1. The zero-order chi connectivity index (χ0) is 11.1. The zero-order valence-corrected chi connectivity index (χ0v) is 8.89. The monoisotopic (exact) mass is 218 g/mol. The zero-order valence-electron chi connectivity index (χ0n) is 8.89. The van der Waals surface area contributed by atoms with Gasteiger partial charge in [-0.15, -0.1) is 0 Å². The van der Waals surface area contributed by atoms with Crippen LogP contribution in [0.3, 0.4) is 0 Å². The molecule has 1 amide bonds. The quantitative estimate of drug-likeness (QED) is 0.717. The number of primary amides is 1. The van der Waals surface area contributed by atoms with Gasteiger partial charge in [-0.3, -0.25) is 9.78 Å². The van der Waals surface area contributed by atoms with E-state index < -0.39 is 5.91 Å². The first-order valence-electron chi connectivity index (χ1n) is 5.49. The Balaban J connectivity index is 1.89. The molecule has 0 radical (unpaired) electrons. The van der Waals surface area contributed by atoms with Crippen molar-refractivity contribution in [2.24, 2.45) is 5.73 Å². The summed E-state index contributed by atoms with van der Waals surface area (Å²) in [6, 6.07) is 2.95. The van der Waals surface area contributed by atoms with Crippen LogP contribution in [0, 0.1) is 0 Å². The molecule has 0 spiro atoms. The second kappa shape index (κ2) is 3.45. The molecule has 3 heterocycles. The number of piperazine rings is 1.